The number of alkyl halides is 1. The number of carbonyl (C=O) groups is 1. The molecule has 0 aliphatic carbocycles. The fourth-order valence-electron chi connectivity index (χ4n) is 1.07. The topological polar surface area (TPSA) is 40.9 Å². The summed E-state index contributed by atoms with van der Waals surface area (Å²) in [5, 5.41) is 7.83. The first kappa shape index (κ1) is 10.7. The summed E-state index contributed by atoms with van der Waals surface area (Å²) in [5.74, 6) is -1.28. The third-order valence-corrected chi connectivity index (χ3v) is 1.94. The van der Waals surface area contributed by atoms with E-state index in [-0.39, 0.29) is 11.1 Å². The van der Waals surface area contributed by atoms with E-state index >= 15 is 0 Å². The van der Waals surface area contributed by atoms with Gasteiger partial charge in [-0.25, -0.2) is 4.39 Å². The lowest BCUT2D eigenvalue weighted by Gasteiger charge is -2.05. The fraction of sp³-hybridized carbons (Fsp3) is 0.200. The van der Waals surface area contributed by atoms with Crippen LogP contribution in [0.3, 0.4) is 0 Å². The van der Waals surface area contributed by atoms with Crippen molar-refractivity contribution >= 4 is 17.4 Å². The molecule has 0 N–H and O–H groups in total. The van der Waals surface area contributed by atoms with Crippen LogP contribution < -0.4 is 0 Å². The Kier molecular flexibility index (Phi) is 3.21. The molecule has 1 unspecified atom stereocenters. The molecule has 0 radical (unpaired) electrons. The molecule has 14 heavy (non-hydrogen) atoms. The summed E-state index contributed by atoms with van der Waals surface area (Å²) in [6, 6.07) is 5.65. The number of rotatable bonds is 2. The van der Waals surface area contributed by atoms with E-state index in [2.05, 4.69) is 0 Å². The van der Waals surface area contributed by atoms with Crippen LogP contribution >= 0.6 is 11.6 Å². The highest BCUT2D eigenvalue weighted by atomic mass is 35.5. The number of nitrogens with zero attached hydrogens (tertiary/aromatic N) is 1. The van der Waals surface area contributed by atoms with Crippen molar-refractivity contribution < 1.29 is 9.18 Å². The highest BCUT2D eigenvalue weighted by Crippen LogP contribution is 2.16. The summed E-state index contributed by atoms with van der Waals surface area (Å²) in [4.78, 5) is 11.4. The average Bonchev–Trinajstić information content (AvgIpc) is 2.16. The Morgan fingerprint density at radius 1 is 1.64 bits per heavy atom. The molecule has 0 aliphatic rings. The van der Waals surface area contributed by atoms with Gasteiger partial charge in [-0.15, -0.1) is 11.6 Å². The quantitative estimate of drug-likeness (QED) is 0.557. The molecule has 1 aromatic rings. The second-order valence-electron chi connectivity index (χ2n) is 2.75. The van der Waals surface area contributed by atoms with E-state index in [1.54, 1.807) is 6.07 Å². The van der Waals surface area contributed by atoms with Crippen molar-refractivity contribution in [2.24, 2.45) is 0 Å². The van der Waals surface area contributed by atoms with E-state index in [0.717, 1.165) is 6.07 Å². The predicted molar refractivity (Wildman–Crippen MR) is 50.8 cm³/mol. The number of hydrogen-bond donors (Lipinski definition) is 0. The van der Waals surface area contributed by atoms with E-state index in [1.165, 1.54) is 19.1 Å². The minimum Gasteiger partial charge on any atom is -0.292 e. The van der Waals surface area contributed by atoms with Crippen molar-refractivity contribution in [2.45, 2.75) is 12.3 Å². The van der Waals surface area contributed by atoms with Crippen LogP contribution in [0.2, 0.25) is 0 Å². The maximum absolute atomic E-state index is 13.2. The summed E-state index contributed by atoms with van der Waals surface area (Å²) in [6.07, 6.45) is 0. The Morgan fingerprint density at radius 2 is 2.29 bits per heavy atom. The number of nitriles is 1. The van der Waals surface area contributed by atoms with Crippen LogP contribution in [0.5, 0.6) is 0 Å². The third-order valence-electron chi connectivity index (χ3n) is 1.74. The van der Waals surface area contributed by atoms with E-state index in [4.69, 9.17) is 16.9 Å². The van der Waals surface area contributed by atoms with Gasteiger partial charge < -0.3 is 0 Å². The van der Waals surface area contributed by atoms with E-state index in [0.29, 0.717) is 0 Å². The molecular formula is C10H7ClFNO. The van der Waals surface area contributed by atoms with Crippen molar-refractivity contribution in [3.05, 3.63) is 35.1 Å². The summed E-state index contributed by atoms with van der Waals surface area (Å²) < 4.78 is 13.2. The molecule has 0 aliphatic heterocycles. The monoisotopic (exact) mass is 211 g/mol. The van der Waals surface area contributed by atoms with Gasteiger partial charge in [-0.3, -0.25) is 4.79 Å². The largest absolute Gasteiger partial charge is 0.292 e. The minimum absolute atomic E-state index is 0.0162. The highest BCUT2D eigenvalue weighted by Gasteiger charge is 2.20. The molecule has 0 heterocycles. The number of carbonyl (C=O) groups excluding carboxylic acids is 1. The molecule has 0 amide bonds. The normalized spacial score (nSPS) is 11.9. The molecule has 0 aromatic heterocycles. The molecule has 0 saturated heterocycles. The Bertz CT molecular complexity index is 409. The van der Waals surface area contributed by atoms with Gasteiger partial charge in [0.2, 0.25) is 0 Å². The van der Waals surface area contributed by atoms with Crippen LogP contribution in [0.1, 0.15) is 22.8 Å². The van der Waals surface area contributed by atoms with E-state index < -0.39 is 17.0 Å². The summed E-state index contributed by atoms with van der Waals surface area (Å²) in [5.41, 5.74) is -0.208. The summed E-state index contributed by atoms with van der Waals surface area (Å²) in [7, 11) is 0. The maximum atomic E-state index is 13.2. The zero-order valence-corrected chi connectivity index (χ0v) is 8.18. The first-order valence-corrected chi connectivity index (χ1v) is 4.38. The van der Waals surface area contributed by atoms with Gasteiger partial charge in [0.15, 0.2) is 5.78 Å². The average molecular weight is 212 g/mol. The second-order valence-corrected chi connectivity index (χ2v) is 3.41. The highest BCUT2D eigenvalue weighted by molar-refractivity contribution is 6.33. The van der Waals surface area contributed by atoms with Crippen molar-refractivity contribution in [1.82, 2.24) is 0 Å². The molecule has 1 atom stereocenters. The van der Waals surface area contributed by atoms with Gasteiger partial charge in [-0.05, 0) is 19.1 Å². The third kappa shape index (κ3) is 1.91. The molecule has 1 rings (SSSR count). The van der Waals surface area contributed by atoms with Gasteiger partial charge in [-0.2, -0.15) is 5.26 Å². The molecule has 0 saturated carbocycles. The zero-order valence-electron chi connectivity index (χ0n) is 7.42. The van der Waals surface area contributed by atoms with Crippen molar-refractivity contribution in [2.75, 3.05) is 0 Å². The van der Waals surface area contributed by atoms with Gasteiger partial charge in [0.25, 0.3) is 0 Å². The lowest BCUT2D eigenvalue weighted by Crippen LogP contribution is -2.14. The molecule has 2 nitrogen and oxygen atoms in total. The van der Waals surface area contributed by atoms with Crippen molar-refractivity contribution in [3.63, 3.8) is 0 Å². The lowest BCUT2D eigenvalue weighted by molar-refractivity contribution is 0.0987. The van der Waals surface area contributed by atoms with Crippen LogP contribution in [-0.2, 0) is 0 Å². The predicted octanol–water partition coefficient (Wildman–Crippen LogP) is 2.51. The van der Waals surface area contributed by atoms with Gasteiger partial charge >= 0.3 is 0 Å². The number of ketones is 1. The number of benzene rings is 1. The maximum Gasteiger partial charge on any atom is 0.184 e. The molecular weight excluding hydrogens is 205 g/mol. The van der Waals surface area contributed by atoms with Crippen LogP contribution in [0.4, 0.5) is 4.39 Å². The fourth-order valence-corrected chi connectivity index (χ4v) is 1.18. The SMILES string of the molecule is CC(Cl)C(=O)c1c(F)cccc1C#N. The van der Waals surface area contributed by atoms with Crippen molar-refractivity contribution in [1.29, 1.82) is 5.26 Å². The van der Waals surface area contributed by atoms with Crippen LogP contribution in [0, 0.1) is 17.1 Å². The Balaban J connectivity index is 3.33. The first-order chi connectivity index (χ1) is 6.57. The molecule has 0 bridgehead atoms. The van der Waals surface area contributed by atoms with Crippen molar-refractivity contribution in [3.8, 4) is 6.07 Å². The van der Waals surface area contributed by atoms with Crippen LogP contribution in [0.15, 0.2) is 18.2 Å². The van der Waals surface area contributed by atoms with E-state index in [9.17, 15) is 9.18 Å². The molecule has 1 aromatic carbocycles. The summed E-state index contributed by atoms with van der Waals surface area (Å²) in [6.45, 7) is 1.44. The van der Waals surface area contributed by atoms with Gasteiger partial charge in [0.1, 0.15) is 5.82 Å². The van der Waals surface area contributed by atoms with Gasteiger partial charge in [0, 0.05) is 0 Å². The Hall–Kier alpha value is -1.40. The standard InChI is InChI=1S/C10H7ClFNO/c1-6(11)10(14)9-7(5-13)3-2-4-8(9)12/h2-4,6H,1H3. The van der Waals surface area contributed by atoms with E-state index in [1.807, 2.05) is 0 Å². The molecule has 0 fully saturated rings. The Labute approximate surface area is 85.9 Å². The Morgan fingerprint density at radius 3 is 2.79 bits per heavy atom. The number of Topliss-reactive ketones (excluding diaryl/α,β-unsaturated/α-hetero) is 1. The van der Waals surface area contributed by atoms with Gasteiger partial charge in [-0.1, -0.05) is 6.07 Å². The molecule has 0 spiro atoms. The van der Waals surface area contributed by atoms with Crippen LogP contribution in [0.25, 0.3) is 0 Å². The summed E-state index contributed by atoms with van der Waals surface area (Å²) >= 11 is 5.54. The zero-order chi connectivity index (χ0) is 10.7. The van der Waals surface area contributed by atoms with Gasteiger partial charge in [0.05, 0.1) is 22.6 Å². The first-order valence-electron chi connectivity index (χ1n) is 3.94. The van der Waals surface area contributed by atoms with Crippen LogP contribution in [-0.4, -0.2) is 11.2 Å². The number of halogens is 2. The lowest BCUT2D eigenvalue weighted by atomic mass is 10.0. The molecule has 4 heteroatoms. The number of hydrogen-bond acceptors (Lipinski definition) is 2. The molecule has 72 valence electrons. The second kappa shape index (κ2) is 4.21. The minimum atomic E-state index is -0.834. The smallest absolute Gasteiger partial charge is 0.184 e.